The Labute approximate surface area is 83.7 Å². The van der Waals surface area contributed by atoms with Crippen molar-refractivity contribution >= 4 is 24.0 Å². The molecular formula is C5H11O7PS. The van der Waals surface area contributed by atoms with Gasteiger partial charge in [-0.3, -0.25) is 4.79 Å². The van der Waals surface area contributed by atoms with Gasteiger partial charge in [-0.05, 0) is 11.4 Å². The van der Waals surface area contributed by atoms with Gasteiger partial charge in [-0.2, -0.15) is 0 Å². The number of ketones is 1. The van der Waals surface area contributed by atoms with Crippen LogP contribution in [0.3, 0.4) is 0 Å². The summed E-state index contributed by atoms with van der Waals surface area (Å²) in [6, 6.07) is 0. The molecule has 0 aromatic carbocycles. The third-order valence-corrected chi connectivity index (χ3v) is 3.40. The van der Waals surface area contributed by atoms with E-state index in [0.29, 0.717) is 0 Å². The molecule has 5 N–H and O–H groups in total. The van der Waals surface area contributed by atoms with Crippen LogP contribution in [0.4, 0.5) is 0 Å². The van der Waals surface area contributed by atoms with E-state index in [1.807, 2.05) is 0 Å². The molecule has 0 aliphatic heterocycles. The summed E-state index contributed by atoms with van der Waals surface area (Å²) < 4.78 is 10.3. The lowest BCUT2D eigenvalue weighted by atomic mass is 10.1. The van der Waals surface area contributed by atoms with Crippen LogP contribution >= 0.6 is 18.2 Å². The van der Waals surface area contributed by atoms with Crippen LogP contribution in [-0.4, -0.2) is 55.5 Å². The van der Waals surface area contributed by atoms with Crippen molar-refractivity contribution in [2.75, 3.05) is 12.4 Å². The summed E-state index contributed by atoms with van der Waals surface area (Å²) in [6.07, 6.45) is -3.45. The number of carbonyl (C=O) groups excluding carboxylic acids is 1. The molecule has 0 aliphatic rings. The number of aliphatic hydroxyl groups is 3. The van der Waals surface area contributed by atoms with E-state index in [0.717, 1.165) is 0 Å². The van der Waals surface area contributed by atoms with Crippen molar-refractivity contribution in [3.05, 3.63) is 0 Å². The number of hydrogen-bond acceptors (Lipinski definition) is 6. The Bertz CT molecular complexity index is 238. The third kappa shape index (κ3) is 5.71. The van der Waals surface area contributed by atoms with Crippen LogP contribution in [0.5, 0.6) is 0 Å². The lowest BCUT2D eigenvalue weighted by Gasteiger charge is -2.13. The molecule has 0 aromatic heterocycles. The van der Waals surface area contributed by atoms with Crippen molar-refractivity contribution in [3.8, 4) is 0 Å². The molecule has 0 saturated carbocycles. The summed E-state index contributed by atoms with van der Waals surface area (Å²) in [5, 5.41) is 26.1. The molecule has 2 atom stereocenters. The minimum atomic E-state index is -4.36. The Hall–Kier alpha value is 0.0500. The lowest BCUT2D eigenvalue weighted by molar-refractivity contribution is -0.131. The van der Waals surface area contributed by atoms with Crippen molar-refractivity contribution in [1.82, 2.24) is 0 Å². The van der Waals surface area contributed by atoms with E-state index >= 15 is 0 Å². The fourth-order valence-electron chi connectivity index (χ4n) is 0.548. The fourth-order valence-corrected chi connectivity index (χ4v) is 1.90. The quantitative estimate of drug-likeness (QED) is 0.343. The fraction of sp³-hybridized carbons (Fsp3) is 0.800. The van der Waals surface area contributed by atoms with Crippen LogP contribution in [0, 0.1) is 0 Å². The second-order valence-corrected chi connectivity index (χ2v) is 6.15. The first-order valence-electron chi connectivity index (χ1n) is 3.47. The smallest absolute Gasteiger partial charge is 0.384 e. The van der Waals surface area contributed by atoms with Gasteiger partial charge in [0.05, 0.1) is 12.4 Å². The van der Waals surface area contributed by atoms with Crippen LogP contribution in [0.15, 0.2) is 0 Å². The SMILES string of the molecule is O=C(CSP(=O)(O)O)C(O)C(O)CO. The average Bonchev–Trinajstić information content (AvgIpc) is 2.10. The molecule has 2 unspecified atom stereocenters. The van der Waals surface area contributed by atoms with E-state index in [4.69, 9.17) is 25.1 Å². The molecule has 14 heavy (non-hydrogen) atoms. The van der Waals surface area contributed by atoms with Crippen LogP contribution in [-0.2, 0) is 9.36 Å². The minimum absolute atomic E-state index is 0.0623. The van der Waals surface area contributed by atoms with Crippen LogP contribution < -0.4 is 0 Å². The summed E-state index contributed by atoms with van der Waals surface area (Å²) in [7, 11) is 0. The highest BCUT2D eigenvalue weighted by Gasteiger charge is 2.26. The van der Waals surface area contributed by atoms with E-state index in [-0.39, 0.29) is 11.4 Å². The van der Waals surface area contributed by atoms with E-state index in [9.17, 15) is 9.36 Å². The third-order valence-electron chi connectivity index (χ3n) is 1.26. The van der Waals surface area contributed by atoms with Crippen molar-refractivity contribution in [2.45, 2.75) is 12.2 Å². The van der Waals surface area contributed by atoms with Crippen LogP contribution in [0.2, 0.25) is 0 Å². The average molecular weight is 246 g/mol. The molecule has 84 valence electrons. The van der Waals surface area contributed by atoms with Gasteiger partial charge < -0.3 is 25.1 Å². The maximum absolute atomic E-state index is 10.9. The molecule has 9 heteroatoms. The molecule has 0 saturated heterocycles. The summed E-state index contributed by atoms with van der Waals surface area (Å²) in [5.74, 6) is -1.57. The van der Waals surface area contributed by atoms with Gasteiger partial charge >= 0.3 is 6.80 Å². The zero-order chi connectivity index (χ0) is 11.4. The van der Waals surface area contributed by atoms with E-state index in [2.05, 4.69) is 0 Å². The molecule has 0 aromatic rings. The number of rotatable bonds is 6. The number of aliphatic hydroxyl groups excluding tert-OH is 3. The molecule has 0 radical (unpaired) electrons. The van der Waals surface area contributed by atoms with Crippen molar-refractivity contribution in [1.29, 1.82) is 0 Å². The number of carbonyl (C=O) groups is 1. The van der Waals surface area contributed by atoms with Crippen molar-refractivity contribution < 1.29 is 34.5 Å². The van der Waals surface area contributed by atoms with Gasteiger partial charge in [0.1, 0.15) is 12.2 Å². The summed E-state index contributed by atoms with van der Waals surface area (Å²) >= 11 is 0.0623. The predicted octanol–water partition coefficient (Wildman–Crippen LogP) is -1.90. The summed E-state index contributed by atoms with van der Waals surface area (Å²) in [5.41, 5.74) is 0. The van der Waals surface area contributed by atoms with Crippen LogP contribution in [0.25, 0.3) is 0 Å². The van der Waals surface area contributed by atoms with Gasteiger partial charge in [0.2, 0.25) is 0 Å². The van der Waals surface area contributed by atoms with E-state index in [1.54, 1.807) is 0 Å². The second-order valence-electron chi connectivity index (χ2n) is 2.43. The predicted molar refractivity (Wildman–Crippen MR) is 48.6 cm³/mol. The standard InChI is InChI=1S/C5H11O7PS/c6-1-3(7)5(9)4(8)2-14-13(10,11)12/h3,5-7,9H,1-2H2,(H2,10,11,12). The zero-order valence-corrected chi connectivity index (χ0v) is 8.69. The monoisotopic (exact) mass is 246 g/mol. The van der Waals surface area contributed by atoms with Gasteiger partial charge in [0, 0.05) is 0 Å². The topological polar surface area (TPSA) is 135 Å². The van der Waals surface area contributed by atoms with Crippen molar-refractivity contribution in [3.63, 3.8) is 0 Å². The van der Waals surface area contributed by atoms with E-state index < -0.39 is 37.1 Å². The Morgan fingerprint density at radius 2 is 1.86 bits per heavy atom. The highest BCUT2D eigenvalue weighted by molar-refractivity contribution is 8.54. The highest BCUT2D eigenvalue weighted by Crippen LogP contribution is 2.49. The molecule has 0 aliphatic carbocycles. The van der Waals surface area contributed by atoms with E-state index in [1.165, 1.54) is 0 Å². The molecule has 0 amide bonds. The van der Waals surface area contributed by atoms with Gasteiger partial charge in [-0.15, -0.1) is 0 Å². The maximum atomic E-state index is 10.9. The second kappa shape index (κ2) is 5.82. The summed E-state index contributed by atoms with van der Waals surface area (Å²) in [4.78, 5) is 27.6. The zero-order valence-electron chi connectivity index (χ0n) is 6.98. The van der Waals surface area contributed by atoms with Gasteiger partial charge in [-0.25, -0.2) is 4.57 Å². The Kier molecular flexibility index (Phi) is 5.84. The normalized spacial score (nSPS) is 16.4. The van der Waals surface area contributed by atoms with Gasteiger partial charge in [0.15, 0.2) is 5.78 Å². The lowest BCUT2D eigenvalue weighted by Crippen LogP contribution is -2.37. The Morgan fingerprint density at radius 1 is 1.36 bits per heavy atom. The van der Waals surface area contributed by atoms with Gasteiger partial charge in [0.25, 0.3) is 0 Å². The molecule has 0 bridgehead atoms. The molecule has 7 nitrogen and oxygen atoms in total. The molecule has 0 heterocycles. The molecule has 0 fully saturated rings. The number of Topliss-reactive ketones (excluding diaryl/α,β-unsaturated/α-hetero) is 1. The van der Waals surface area contributed by atoms with Crippen molar-refractivity contribution in [2.24, 2.45) is 0 Å². The minimum Gasteiger partial charge on any atom is -0.394 e. The first-order chi connectivity index (χ1) is 6.28. The van der Waals surface area contributed by atoms with Gasteiger partial charge in [-0.1, -0.05) is 0 Å². The summed E-state index contributed by atoms with van der Waals surface area (Å²) in [6.45, 7) is -5.16. The first kappa shape index (κ1) is 14.1. The molecular weight excluding hydrogens is 235 g/mol. The largest absolute Gasteiger partial charge is 0.394 e. The number of hydrogen-bond donors (Lipinski definition) is 5. The van der Waals surface area contributed by atoms with Crippen LogP contribution in [0.1, 0.15) is 0 Å². The Morgan fingerprint density at radius 3 is 2.21 bits per heavy atom. The molecule has 0 spiro atoms. The highest BCUT2D eigenvalue weighted by atomic mass is 32.7. The maximum Gasteiger partial charge on any atom is 0.384 e. The Balaban J connectivity index is 4.03. The molecule has 0 rings (SSSR count). The first-order valence-corrected chi connectivity index (χ1v) is 6.68.